The van der Waals surface area contributed by atoms with E-state index in [4.69, 9.17) is 4.74 Å². The molecule has 9 heteroatoms. The number of hydrogen-bond donors (Lipinski definition) is 3. The van der Waals surface area contributed by atoms with Crippen molar-refractivity contribution in [3.8, 4) is 0 Å². The number of carbonyl (C=O) groups excluding carboxylic acids is 4. The Balaban J connectivity index is 1.50. The van der Waals surface area contributed by atoms with Crippen LogP contribution in [0, 0.1) is 5.92 Å². The number of rotatable bonds is 5. The first kappa shape index (κ1) is 28.3. The summed E-state index contributed by atoms with van der Waals surface area (Å²) in [6.07, 6.45) is 8.14. The maximum atomic E-state index is 13.4. The van der Waals surface area contributed by atoms with E-state index in [2.05, 4.69) is 10.6 Å². The first-order chi connectivity index (χ1) is 18.9. The van der Waals surface area contributed by atoms with Gasteiger partial charge in [0.05, 0.1) is 18.6 Å². The Bertz CT molecular complexity index is 1210. The van der Waals surface area contributed by atoms with Crippen molar-refractivity contribution in [3.63, 3.8) is 0 Å². The average Bonchev–Trinajstić information content (AvgIpc) is 3.42. The van der Waals surface area contributed by atoms with E-state index in [-0.39, 0.29) is 38.0 Å². The van der Waals surface area contributed by atoms with Gasteiger partial charge in [-0.25, -0.2) is 0 Å². The third-order valence-corrected chi connectivity index (χ3v) is 7.35. The van der Waals surface area contributed by atoms with Gasteiger partial charge in [-0.1, -0.05) is 42.5 Å². The molecule has 2 aliphatic heterocycles. The van der Waals surface area contributed by atoms with Gasteiger partial charge in [0.15, 0.2) is 0 Å². The predicted molar refractivity (Wildman–Crippen MR) is 148 cm³/mol. The van der Waals surface area contributed by atoms with Gasteiger partial charge in [-0.15, -0.1) is 0 Å². The highest BCUT2D eigenvalue weighted by molar-refractivity contribution is 5.99. The van der Waals surface area contributed by atoms with Crippen LogP contribution in [0.3, 0.4) is 0 Å². The van der Waals surface area contributed by atoms with Crippen LogP contribution in [0.1, 0.15) is 51.4 Å². The van der Waals surface area contributed by atoms with E-state index in [0.29, 0.717) is 25.1 Å². The molecular formula is C30H37N3O6. The molecule has 2 aromatic carbocycles. The molecule has 3 amide bonds. The fraction of sp³-hybridized carbons (Fsp3) is 0.467. The minimum Gasteiger partial charge on any atom is -0.463 e. The topological polar surface area (TPSA) is 125 Å². The molecule has 0 aliphatic carbocycles. The van der Waals surface area contributed by atoms with Crippen LogP contribution in [0.2, 0.25) is 0 Å². The summed E-state index contributed by atoms with van der Waals surface area (Å²) < 4.78 is 5.37. The molecular weight excluding hydrogens is 498 g/mol. The first-order valence-electron chi connectivity index (χ1n) is 13.8. The Morgan fingerprint density at radius 3 is 2.69 bits per heavy atom. The van der Waals surface area contributed by atoms with Gasteiger partial charge < -0.3 is 25.4 Å². The number of nitrogens with one attached hydrogen (secondary N) is 2. The smallest absolute Gasteiger partial charge is 0.305 e. The number of ether oxygens (including phenoxy) is 1. The molecule has 0 bridgehead atoms. The number of esters is 1. The third-order valence-electron chi connectivity index (χ3n) is 7.35. The SMILES string of the molecule is O=C1CCCCC=CC[C@H](CC(=O)N2CCC[C@H]2CO)C(=O)N[C@H](C(=O)Nc2ccc3ccccc3c2)CO1. The molecule has 39 heavy (non-hydrogen) atoms. The summed E-state index contributed by atoms with van der Waals surface area (Å²) >= 11 is 0. The maximum absolute atomic E-state index is 13.4. The Labute approximate surface area is 228 Å². The summed E-state index contributed by atoms with van der Waals surface area (Å²) in [5.74, 6) is -2.30. The monoisotopic (exact) mass is 535 g/mol. The Kier molecular flexibility index (Phi) is 10.1. The quantitative estimate of drug-likeness (QED) is 0.399. The molecule has 2 aliphatic rings. The van der Waals surface area contributed by atoms with Crippen LogP contribution in [0.4, 0.5) is 5.69 Å². The molecule has 2 heterocycles. The predicted octanol–water partition coefficient (Wildman–Crippen LogP) is 3.32. The van der Waals surface area contributed by atoms with Gasteiger partial charge in [0, 0.05) is 25.1 Å². The zero-order valence-electron chi connectivity index (χ0n) is 22.1. The lowest BCUT2D eigenvalue weighted by molar-refractivity contribution is -0.146. The van der Waals surface area contributed by atoms with Gasteiger partial charge in [-0.2, -0.15) is 0 Å². The van der Waals surface area contributed by atoms with Crippen LogP contribution < -0.4 is 10.6 Å². The Morgan fingerprint density at radius 2 is 1.87 bits per heavy atom. The lowest BCUT2D eigenvalue weighted by Crippen LogP contribution is -2.49. The summed E-state index contributed by atoms with van der Waals surface area (Å²) in [7, 11) is 0. The van der Waals surface area contributed by atoms with Crippen molar-refractivity contribution in [2.24, 2.45) is 5.92 Å². The van der Waals surface area contributed by atoms with Crippen LogP contribution in [-0.2, 0) is 23.9 Å². The van der Waals surface area contributed by atoms with Crippen LogP contribution in [-0.4, -0.2) is 65.5 Å². The average molecular weight is 536 g/mol. The summed E-state index contributed by atoms with van der Waals surface area (Å²) in [6, 6.07) is 11.9. The number of likely N-dealkylation sites (tertiary alicyclic amines) is 1. The molecule has 1 saturated heterocycles. The van der Waals surface area contributed by atoms with Gasteiger partial charge in [-0.3, -0.25) is 19.2 Å². The molecule has 9 nitrogen and oxygen atoms in total. The fourth-order valence-electron chi connectivity index (χ4n) is 5.09. The van der Waals surface area contributed by atoms with Gasteiger partial charge >= 0.3 is 5.97 Å². The molecule has 4 rings (SSSR count). The molecule has 0 aromatic heterocycles. The van der Waals surface area contributed by atoms with Crippen molar-refractivity contribution in [3.05, 3.63) is 54.6 Å². The van der Waals surface area contributed by atoms with Gasteiger partial charge in [0.25, 0.3) is 5.91 Å². The van der Waals surface area contributed by atoms with E-state index in [1.165, 1.54) is 0 Å². The van der Waals surface area contributed by atoms with E-state index < -0.39 is 29.7 Å². The number of nitrogens with zero attached hydrogens (tertiary/aromatic N) is 1. The highest BCUT2D eigenvalue weighted by Crippen LogP contribution is 2.22. The highest BCUT2D eigenvalue weighted by atomic mass is 16.5. The lowest BCUT2D eigenvalue weighted by Gasteiger charge is -2.26. The molecule has 1 fully saturated rings. The minimum absolute atomic E-state index is 0.0362. The van der Waals surface area contributed by atoms with Gasteiger partial charge in [0.1, 0.15) is 12.6 Å². The number of benzene rings is 2. The summed E-state index contributed by atoms with van der Waals surface area (Å²) in [4.78, 5) is 53.7. The second-order valence-electron chi connectivity index (χ2n) is 10.2. The zero-order valence-corrected chi connectivity index (χ0v) is 22.1. The van der Waals surface area contributed by atoms with E-state index >= 15 is 0 Å². The molecule has 0 unspecified atom stereocenters. The number of allylic oxidation sites excluding steroid dienone is 2. The second kappa shape index (κ2) is 13.9. The first-order valence-corrected chi connectivity index (χ1v) is 13.8. The summed E-state index contributed by atoms with van der Waals surface area (Å²) in [5, 5.41) is 17.2. The zero-order chi connectivity index (χ0) is 27.6. The van der Waals surface area contributed by atoms with E-state index in [9.17, 15) is 24.3 Å². The van der Waals surface area contributed by atoms with Crippen LogP contribution >= 0.6 is 0 Å². The van der Waals surface area contributed by atoms with Crippen molar-refractivity contribution in [2.75, 3.05) is 25.1 Å². The number of hydrogen-bond acceptors (Lipinski definition) is 6. The normalized spacial score (nSPS) is 23.1. The molecule has 208 valence electrons. The number of carbonyl (C=O) groups is 4. The molecule has 0 radical (unpaired) electrons. The van der Waals surface area contributed by atoms with Gasteiger partial charge in [-0.05, 0) is 61.4 Å². The molecule has 2 aromatic rings. The number of cyclic esters (lactones) is 1. The minimum atomic E-state index is -1.13. The standard InChI is InChI=1S/C30H37N3O6/c34-19-25-12-8-16-33(25)27(35)18-23-11-4-2-1-3-5-13-28(36)39-20-26(32-29(23)37)30(38)31-24-15-14-21-9-6-7-10-22(21)17-24/h2,4,6-7,9-10,14-15,17,23,25-26,34H,1,3,5,8,11-13,16,18-20H2,(H,31,38)(H,32,37)/t23-,25+,26+/m1/s1. The fourth-order valence-corrected chi connectivity index (χ4v) is 5.09. The maximum Gasteiger partial charge on any atom is 0.305 e. The van der Waals surface area contributed by atoms with Crippen molar-refractivity contribution >= 4 is 40.2 Å². The van der Waals surface area contributed by atoms with Gasteiger partial charge in [0.2, 0.25) is 11.8 Å². The van der Waals surface area contributed by atoms with Crippen molar-refractivity contribution in [1.82, 2.24) is 10.2 Å². The second-order valence-corrected chi connectivity index (χ2v) is 10.2. The van der Waals surface area contributed by atoms with Crippen molar-refractivity contribution < 1.29 is 29.0 Å². The number of anilines is 1. The van der Waals surface area contributed by atoms with E-state index in [1.54, 1.807) is 11.0 Å². The third kappa shape index (κ3) is 7.89. The Hall–Kier alpha value is -3.72. The highest BCUT2D eigenvalue weighted by Gasteiger charge is 2.33. The number of aliphatic hydroxyl groups excluding tert-OH is 1. The van der Waals surface area contributed by atoms with E-state index in [1.807, 2.05) is 48.6 Å². The largest absolute Gasteiger partial charge is 0.463 e. The van der Waals surface area contributed by atoms with Crippen LogP contribution in [0.25, 0.3) is 10.8 Å². The number of fused-ring (bicyclic) bond motifs is 1. The van der Waals surface area contributed by atoms with Crippen LogP contribution in [0.15, 0.2) is 54.6 Å². The summed E-state index contributed by atoms with van der Waals surface area (Å²) in [5.41, 5.74) is 0.553. The van der Waals surface area contributed by atoms with Crippen molar-refractivity contribution in [1.29, 1.82) is 0 Å². The molecule has 0 saturated carbocycles. The number of aliphatic hydroxyl groups is 1. The van der Waals surface area contributed by atoms with Crippen molar-refractivity contribution in [2.45, 2.75) is 63.5 Å². The number of amides is 3. The molecule has 3 N–H and O–H groups in total. The Morgan fingerprint density at radius 1 is 1.05 bits per heavy atom. The molecule has 3 atom stereocenters. The summed E-state index contributed by atoms with van der Waals surface area (Å²) in [6.45, 7) is 0.144. The van der Waals surface area contributed by atoms with E-state index in [0.717, 1.165) is 36.5 Å². The van der Waals surface area contributed by atoms with Crippen LogP contribution in [0.5, 0.6) is 0 Å². The molecule has 0 spiro atoms. The lowest BCUT2D eigenvalue weighted by atomic mass is 9.97.